The Hall–Kier alpha value is -0.610. The zero-order valence-electron chi connectivity index (χ0n) is 10.3. The molecule has 1 unspecified atom stereocenters. The first kappa shape index (κ1) is 12.8. The summed E-state index contributed by atoms with van der Waals surface area (Å²) in [7, 11) is 0. The molecule has 2 N–H and O–H groups in total. The molecule has 4 heteroatoms. The van der Waals surface area contributed by atoms with Gasteiger partial charge in [0.2, 0.25) is 0 Å². The van der Waals surface area contributed by atoms with Gasteiger partial charge in [0.25, 0.3) is 0 Å². The van der Waals surface area contributed by atoms with E-state index in [2.05, 4.69) is 0 Å². The van der Waals surface area contributed by atoms with Gasteiger partial charge < -0.3 is 14.9 Å². The molecular formula is C13H22O4. The second-order valence-electron chi connectivity index (χ2n) is 5.70. The van der Waals surface area contributed by atoms with Crippen molar-refractivity contribution in [2.45, 2.75) is 57.0 Å². The van der Waals surface area contributed by atoms with Gasteiger partial charge in [-0.2, -0.15) is 0 Å². The van der Waals surface area contributed by atoms with Crippen LogP contribution in [0.15, 0.2) is 0 Å². The summed E-state index contributed by atoms with van der Waals surface area (Å²) < 4.78 is 5.34. The van der Waals surface area contributed by atoms with Gasteiger partial charge in [-0.25, -0.2) is 0 Å². The third-order valence-corrected chi connectivity index (χ3v) is 4.23. The molecule has 0 spiro atoms. The monoisotopic (exact) mass is 242 g/mol. The molecule has 0 amide bonds. The third kappa shape index (κ3) is 2.80. The van der Waals surface area contributed by atoms with Crippen LogP contribution in [0.25, 0.3) is 0 Å². The Balaban J connectivity index is 2.08. The fourth-order valence-corrected chi connectivity index (χ4v) is 3.25. The van der Waals surface area contributed by atoms with Crippen LogP contribution in [0.2, 0.25) is 0 Å². The lowest BCUT2D eigenvalue weighted by molar-refractivity contribution is -0.166. The maximum atomic E-state index is 11.5. The molecule has 0 aromatic carbocycles. The van der Waals surface area contributed by atoms with E-state index in [-0.39, 0.29) is 6.61 Å². The third-order valence-electron chi connectivity index (χ3n) is 4.23. The highest BCUT2D eigenvalue weighted by atomic mass is 16.5. The Morgan fingerprint density at radius 1 is 1.12 bits per heavy atom. The molecule has 0 bridgehead atoms. The smallest absolute Gasteiger partial charge is 0.312 e. The van der Waals surface area contributed by atoms with Gasteiger partial charge in [0.05, 0.1) is 17.6 Å². The zero-order valence-corrected chi connectivity index (χ0v) is 10.3. The second kappa shape index (κ2) is 4.94. The van der Waals surface area contributed by atoms with Crippen LogP contribution in [-0.2, 0) is 9.53 Å². The van der Waals surface area contributed by atoms with Gasteiger partial charge in [-0.15, -0.1) is 0 Å². The van der Waals surface area contributed by atoms with Gasteiger partial charge >= 0.3 is 5.97 Å². The molecule has 1 saturated heterocycles. The second-order valence-corrected chi connectivity index (χ2v) is 5.70. The molecule has 4 nitrogen and oxygen atoms in total. The zero-order chi connectivity index (χ0) is 12.4. The molecule has 1 aliphatic carbocycles. The van der Waals surface area contributed by atoms with Crippen molar-refractivity contribution in [1.29, 1.82) is 0 Å². The summed E-state index contributed by atoms with van der Waals surface area (Å²) in [4.78, 5) is 11.5. The van der Waals surface area contributed by atoms with E-state index < -0.39 is 17.0 Å². The number of carbonyl (C=O) groups is 1. The highest BCUT2D eigenvalue weighted by Gasteiger charge is 2.47. The van der Waals surface area contributed by atoms with Crippen molar-refractivity contribution in [3.8, 4) is 0 Å². The van der Waals surface area contributed by atoms with Crippen LogP contribution in [0, 0.1) is 5.41 Å². The summed E-state index contributed by atoms with van der Waals surface area (Å²) >= 11 is 0. The van der Waals surface area contributed by atoms with Crippen molar-refractivity contribution in [2.75, 3.05) is 13.2 Å². The quantitative estimate of drug-likeness (QED) is 0.794. The number of hydrogen-bond donors (Lipinski definition) is 2. The van der Waals surface area contributed by atoms with Crippen LogP contribution in [0.1, 0.15) is 51.4 Å². The van der Waals surface area contributed by atoms with Crippen LogP contribution >= 0.6 is 0 Å². The average molecular weight is 242 g/mol. The van der Waals surface area contributed by atoms with E-state index in [0.29, 0.717) is 19.4 Å². The Morgan fingerprint density at radius 2 is 1.82 bits per heavy atom. The molecule has 2 aliphatic rings. The van der Waals surface area contributed by atoms with Gasteiger partial charge in [0, 0.05) is 6.61 Å². The van der Waals surface area contributed by atoms with E-state index in [1.54, 1.807) is 0 Å². The number of aliphatic carboxylic acids is 1. The maximum absolute atomic E-state index is 11.5. The SMILES string of the molecule is O=C(O)C1(CC2(O)CCCCC2)CCCOC1. The fourth-order valence-electron chi connectivity index (χ4n) is 3.25. The molecule has 1 atom stereocenters. The number of ether oxygens (including phenoxy) is 1. The topological polar surface area (TPSA) is 66.8 Å². The lowest BCUT2D eigenvalue weighted by Gasteiger charge is -2.41. The van der Waals surface area contributed by atoms with Gasteiger partial charge in [0.15, 0.2) is 0 Å². The molecule has 0 aromatic heterocycles. The molecule has 0 radical (unpaired) electrons. The van der Waals surface area contributed by atoms with Crippen LogP contribution < -0.4 is 0 Å². The van der Waals surface area contributed by atoms with E-state index in [1.807, 2.05) is 0 Å². The Labute approximate surface area is 102 Å². The number of rotatable bonds is 3. The minimum absolute atomic E-state index is 0.255. The number of carboxylic acid groups (broad SMARTS) is 1. The minimum Gasteiger partial charge on any atom is -0.481 e. The summed E-state index contributed by atoms with van der Waals surface area (Å²) in [5.74, 6) is -0.809. The molecule has 2 fully saturated rings. The van der Waals surface area contributed by atoms with E-state index in [4.69, 9.17) is 4.74 Å². The van der Waals surface area contributed by atoms with Crippen molar-refractivity contribution < 1.29 is 19.7 Å². The maximum Gasteiger partial charge on any atom is 0.312 e. The van der Waals surface area contributed by atoms with Crippen molar-refractivity contribution in [3.63, 3.8) is 0 Å². The van der Waals surface area contributed by atoms with Gasteiger partial charge in [-0.1, -0.05) is 19.3 Å². The van der Waals surface area contributed by atoms with Crippen molar-refractivity contribution in [1.82, 2.24) is 0 Å². The molecule has 2 rings (SSSR count). The standard InChI is InChI=1S/C13H22O4/c14-11(15)12(5-4-8-17-10-12)9-13(16)6-2-1-3-7-13/h16H,1-10H2,(H,14,15). The molecule has 98 valence electrons. The normalized spacial score (nSPS) is 33.2. The minimum atomic E-state index is -0.857. The largest absolute Gasteiger partial charge is 0.481 e. The highest BCUT2D eigenvalue weighted by molar-refractivity contribution is 5.75. The number of hydrogen-bond acceptors (Lipinski definition) is 3. The van der Waals surface area contributed by atoms with Crippen molar-refractivity contribution >= 4 is 5.97 Å². The molecule has 1 heterocycles. The predicted octanol–water partition coefficient (Wildman–Crippen LogP) is 1.95. The average Bonchev–Trinajstić information content (AvgIpc) is 2.30. The highest BCUT2D eigenvalue weighted by Crippen LogP contribution is 2.42. The van der Waals surface area contributed by atoms with Crippen molar-refractivity contribution in [2.24, 2.45) is 5.41 Å². The number of carboxylic acids is 1. The summed E-state index contributed by atoms with van der Waals surface area (Å²) in [6.07, 6.45) is 6.41. The molecule has 1 saturated carbocycles. The molecule has 0 aromatic rings. The van der Waals surface area contributed by atoms with Crippen LogP contribution in [0.4, 0.5) is 0 Å². The summed E-state index contributed by atoms with van der Waals surface area (Å²) in [6, 6.07) is 0. The van der Waals surface area contributed by atoms with E-state index in [9.17, 15) is 15.0 Å². The van der Waals surface area contributed by atoms with E-state index in [1.165, 1.54) is 0 Å². The van der Waals surface area contributed by atoms with E-state index in [0.717, 1.165) is 38.5 Å². The van der Waals surface area contributed by atoms with Crippen LogP contribution in [0.5, 0.6) is 0 Å². The lowest BCUT2D eigenvalue weighted by Crippen LogP contribution is -2.47. The molecule has 17 heavy (non-hydrogen) atoms. The predicted molar refractivity (Wildman–Crippen MR) is 62.8 cm³/mol. The van der Waals surface area contributed by atoms with Crippen LogP contribution in [-0.4, -0.2) is 35.0 Å². The Kier molecular flexibility index (Phi) is 3.73. The first-order valence-electron chi connectivity index (χ1n) is 6.60. The molecule has 1 aliphatic heterocycles. The Bertz CT molecular complexity index is 275. The first-order chi connectivity index (χ1) is 8.06. The number of aliphatic hydroxyl groups is 1. The Morgan fingerprint density at radius 3 is 2.35 bits per heavy atom. The summed E-state index contributed by atoms with van der Waals surface area (Å²) in [6.45, 7) is 0.901. The summed E-state index contributed by atoms with van der Waals surface area (Å²) in [5.41, 5.74) is -1.64. The summed E-state index contributed by atoms with van der Waals surface area (Å²) in [5, 5.41) is 20.0. The van der Waals surface area contributed by atoms with Gasteiger partial charge in [0.1, 0.15) is 0 Å². The van der Waals surface area contributed by atoms with Gasteiger partial charge in [-0.05, 0) is 32.1 Å². The fraction of sp³-hybridized carbons (Fsp3) is 0.923. The van der Waals surface area contributed by atoms with Gasteiger partial charge in [-0.3, -0.25) is 4.79 Å². The molecular weight excluding hydrogens is 220 g/mol. The van der Waals surface area contributed by atoms with Crippen LogP contribution in [0.3, 0.4) is 0 Å². The van der Waals surface area contributed by atoms with E-state index >= 15 is 0 Å². The van der Waals surface area contributed by atoms with Crippen molar-refractivity contribution in [3.05, 3.63) is 0 Å². The lowest BCUT2D eigenvalue weighted by atomic mass is 9.69. The first-order valence-corrected chi connectivity index (χ1v) is 6.60.